The molecular weight excluding hydrogens is 412 g/mol. The number of esters is 1. The van der Waals surface area contributed by atoms with Crippen molar-refractivity contribution in [2.24, 2.45) is 0 Å². The molecule has 1 saturated heterocycles. The standard InChI is InChI=1S/C23H20N4O5/c24-21-19(23(28)30-11-14-4-3-9-29-14)20-22(26-16-6-2-1-5-15(16)25-20)27(21)13-7-8-17-18(10-13)32-12-31-17/h1-2,5-8,10,14H,3-4,9,11-12,24H2. The monoisotopic (exact) mass is 432 g/mol. The quantitative estimate of drug-likeness (QED) is 0.490. The summed E-state index contributed by atoms with van der Waals surface area (Å²) < 4.78 is 23.8. The van der Waals surface area contributed by atoms with Gasteiger partial charge in [0.15, 0.2) is 17.1 Å². The van der Waals surface area contributed by atoms with Gasteiger partial charge in [0.05, 0.1) is 22.8 Å². The van der Waals surface area contributed by atoms with Crippen molar-refractivity contribution in [3.05, 3.63) is 48.0 Å². The van der Waals surface area contributed by atoms with E-state index in [0.29, 0.717) is 46.0 Å². The molecule has 1 unspecified atom stereocenters. The average Bonchev–Trinajstić information content (AvgIpc) is 3.54. The van der Waals surface area contributed by atoms with Gasteiger partial charge < -0.3 is 24.7 Å². The maximum absolute atomic E-state index is 13.1. The maximum atomic E-state index is 13.1. The predicted octanol–water partition coefficient (Wildman–Crippen LogP) is 3.22. The first kappa shape index (κ1) is 18.9. The van der Waals surface area contributed by atoms with Gasteiger partial charge in [-0.3, -0.25) is 4.57 Å². The first-order valence-electron chi connectivity index (χ1n) is 10.4. The number of fused-ring (bicyclic) bond motifs is 3. The second kappa shape index (κ2) is 7.38. The van der Waals surface area contributed by atoms with Crippen molar-refractivity contribution in [2.75, 3.05) is 25.7 Å². The van der Waals surface area contributed by atoms with Gasteiger partial charge in [0, 0.05) is 12.7 Å². The maximum Gasteiger partial charge on any atom is 0.344 e. The number of nitrogens with two attached hydrogens (primary N) is 1. The Hall–Kier alpha value is -3.85. The summed E-state index contributed by atoms with van der Waals surface area (Å²) in [7, 11) is 0. The van der Waals surface area contributed by atoms with Crippen LogP contribution in [0.5, 0.6) is 11.5 Å². The fourth-order valence-electron chi connectivity index (χ4n) is 4.17. The zero-order valence-corrected chi connectivity index (χ0v) is 17.1. The van der Waals surface area contributed by atoms with Gasteiger partial charge in [0.1, 0.15) is 23.5 Å². The van der Waals surface area contributed by atoms with Crippen LogP contribution in [0, 0.1) is 0 Å². The van der Waals surface area contributed by atoms with Crippen LogP contribution in [-0.2, 0) is 9.47 Å². The Balaban J connectivity index is 1.51. The second-order valence-corrected chi connectivity index (χ2v) is 7.75. The lowest BCUT2D eigenvalue weighted by atomic mass is 10.2. The van der Waals surface area contributed by atoms with E-state index in [1.165, 1.54) is 0 Å². The number of benzene rings is 2. The second-order valence-electron chi connectivity index (χ2n) is 7.75. The van der Waals surface area contributed by atoms with E-state index in [9.17, 15) is 4.79 Å². The first-order valence-corrected chi connectivity index (χ1v) is 10.4. The van der Waals surface area contributed by atoms with Crippen LogP contribution in [0.3, 0.4) is 0 Å². The van der Waals surface area contributed by atoms with Crippen LogP contribution >= 0.6 is 0 Å². The van der Waals surface area contributed by atoms with Crippen molar-refractivity contribution in [1.29, 1.82) is 0 Å². The number of carbonyl (C=O) groups is 1. The molecule has 2 aromatic carbocycles. The molecule has 0 aliphatic carbocycles. The summed E-state index contributed by atoms with van der Waals surface area (Å²) in [6.07, 6.45) is 1.74. The molecule has 0 bridgehead atoms. The van der Waals surface area contributed by atoms with Crippen LogP contribution in [0.25, 0.3) is 27.9 Å². The van der Waals surface area contributed by atoms with Crippen molar-refractivity contribution in [1.82, 2.24) is 14.5 Å². The minimum atomic E-state index is -0.549. The highest BCUT2D eigenvalue weighted by atomic mass is 16.7. The molecule has 2 aliphatic rings. The number of hydrogen-bond donors (Lipinski definition) is 1. The third-order valence-electron chi connectivity index (χ3n) is 5.74. The normalized spacial score (nSPS) is 17.3. The Morgan fingerprint density at radius 1 is 1.12 bits per heavy atom. The molecular formula is C23H20N4O5. The molecule has 2 aromatic heterocycles. The van der Waals surface area contributed by atoms with Crippen LogP contribution in [0.15, 0.2) is 42.5 Å². The molecule has 0 spiro atoms. The molecule has 2 aliphatic heterocycles. The van der Waals surface area contributed by atoms with E-state index in [2.05, 4.69) is 0 Å². The van der Waals surface area contributed by atoms with Crippen molar-refractivity contribution >= 4 is 34.0 Å². The molecule has 2 N–H and O–H groups in total. The van der Waals surface area contributed by atoms with Gasteiger partial charge in [-0.15, -0.1) is 0 Å². The van der Waals surface area contributed by atoms with Gasteiger partial charge in [-0.25, -0.2) is 14.8 Å². The summed E-state index contributed by atoms with van der Waals surface area (Å²) >= 11 is 0. The fourth-order valence-corrected chi connectivity index (χ4v) is 4.17. The molecule has 1 fully saturated rings. The smallest absolute Gasteiger partial charge is 0.344 e. The lowest BCUT2D eigenvalue weighted by Gasteiger charge is -2.11. The third-order valence-corrected chi connectivity index (χ3v) is 5.74. The van der Waals surface area contributed by atoms with Crippen LogP contribution in [-0.4, -0.2) is 46.6 Å². The third kappa shape index (κ3) is 3.01. The summed E-state index contributed by atoms with van der Waals surface area (Å²) in [6.45, 7) is 1.02. The highest BCUT2D eigenvalue weighted by Crippen LogP contribution is 2.37. The number of ether oxygens (including phenoxy) is 4. The van der Waals surface area contributed by atoms with E-state index >= 15 is 0 Å². The molecule has 6 rings (SSSR count). The number of nitrogens with zero attached hydrogens (tertiary/aromatic N) is 3. The topological polar surface area (TPSA) is 111 Å². The Kier molecular flexibility index (Phi) is 4.36. The first-order chi connectivity index (χ1) is 15.7. The summed E-state index contributed by atoms with van der Waals surface area (Å²) in [5.74, 6) is 0.898. The van der Waals surface area contributed by atoms with Gasteiger partial charge in [-0.2, -0.15) is 0 Å². The minimum Gasteiger partial charge on any atom is -0.459 e. The number of hydrogen-bond acceptors (Lipinski definition) is 8. The summed E-state index contributed by atoms with van der Waals surface area (Å²) in [6, 6.07) is 12.9. The van der Waals surface area contributed by atoms with Gasteiger partial charge >= 0.3 is 5.97 Å². The number of carbonyl (C=O) groups excluding carboxylic acids is 1. The zero-order valence-electron chi connectivity index (χ0n) is 17.1. The van der Waals surface area contributed by atoms with E-state index in [4.69, 9.17) is 34.6 Å². The average molecular weight is 432 g/mol. The van der Waals surface area contributed by atoms with E-state index in [0.717, 1.165) is 12.8 Å². The van der Waals surface area contributed by atoms with Crippen molar-refractivity contribution in [3.63, 3.8) is 0 Å². The van der Waals surface area contributed by atoms with Crippen LogP contribution < -0.4 is 15.2 Å². The molecule has 9 nitrogen and oxygen atoms in total. The number of nitrogen functional groups attached to an aromatic ring is 1. The van der Waals surface area contributed by atoms with Gasteiger partial charge in [0.2, 0.25) is 6.79 Å². The van der Waals surface area contributed by atoms with Gasteiger partial charge in [-0.1, -0.05) is 12.1 Å². The van der Waals surface area contributed by atoms with E-state index < -0.39 is 5.97 Å². The highest BCUT2D eigenvalue weighted by molar-refractivity contribution is 6.09. The number of aromatic nitrogens is 3. The van der Waals surface area contributed by atoms with Crippen molar-refractivity contribution in [3.8, 4) is 17.2 Å². The lowest BCUT2D eigenvalue weighted by Crippen LogP contribution is -2.18. The van der Waals surface area contributed by atoms with Crippen LogP contribution in [0.4, 0.5) is 5.82 Å². The largest absolute Gasteiger partial charge is 0.459 e. The predicted molar refractivity (Wildman–Crippen MR) is 116 cm³/mol. The fraction of sp³-hybridized carbons (Fsp3) is 0.261. The number of para-hydroxylation sites is 2. The number of rotatable bonds is 4. The van der Waals surface area contributed by atoms with Crippen LogP contribution in [0.2, 0.25) is 0 Å². The molecule has 4 aromatic rings. The molecule has 1 atom stereocenters. The van der Waals surface area contributed by atoms with E-state index in [1.54, 1.807) is 16.7 Å². The van der Waals surface area contributed by atoms with Crippen molar-refractivity contribution in [2.45, 2.75) is 18.9 Å². The Morgan fingerprint density at radius 2 is 1.94 bits per heavy atom. The molecule has 162 valence electrons. The molecule has 0 saturated carbocycles. The zero-order chi connectivity index (χ0) is 21.7. The van der Waals surface area contributed by atoms with Gasteiger partial charge in [0.25, 0.3) is 0 Å². The highest BCUT2D eigenvalue weighted by Gasteiger charge is 2.28. The molecule has 9 heteroatoms. The summed E-state index contributed by atoms with van der Waals surface area (Å²) in [5.41, 5.74) is 9.59. The Morgan fingerprint density at radius 3 is 2.75 bits per heavy atom. The van der Waals surface area contributed by atoms with Crippen molar-refractivity contribution < 1.29 is 23.7 Å². The number of anilines is 1. The lowest BCUT2D eigenvalue weighted by molar-refractivity contribution is 0.0163. The van der Waals surface area contributed by atoms with E-state index in [1.807, 2.05) is 30.3 Å². The van der Waals surface area contributed by atoms with Crippen LogP contribution in [0.1, 0.15) is 23.2 Å². The Labute approximate surface area is 182 Å². The minimum absolute atomic E-state index is 0.0886. The molecule has 32 heavy (non-hydrogen) atoms. The SMILES string of the molecule is Nc1c(C(=O)OCC2CCCO2)c2nc3ccccc3nc2n1-c1ccc2c(c1)OCO2. The van der Waals surface area contributed by atoms with Gasteiger partial charge in [-0.05, 0) is 37.1 Å². The molecule has 4 heterocycles. The Bertz CT molecular complexity index is 1360. The molecule has 0 amide bonds. The summed E-state index contributed by atoms with van der Waals surface area (Å²) in [4.78, 5) is 22.6. The molecule has 0 radical (unpaired) electrons. The van der Waals surface area contributed by atoms with E-state index in [-0.39, 0.29) is 30.9 Å². The summed E-state index contributed by atoms with van der Waals surface area (Å²) in [5, 5.41) is 0.